The van der Waals surface area contributed by atoms with Gasteiger partial charge in [0.15, 0.2) is 16.1 Å². The first-order valence-corrected chi connectivity index (χ1v) is 11.9. The Morgan fingerprint density at radius 2 is 1.94 bits per heavy atom. The summed E-state index contributed by atoms with van der Waals surface area (Å²) in [6, 6.07) is 8.80. The van der Waals surface area contributed by atoms with E-state index in [4.69, 9.17) is 0 Å². The van der Waals surface area contributed by atoms with Gasteiger partial charge in [0.1, 0.15) is 0 Å². The van der Waals surface area contributed by atoms with Crippen molar-refractivity contribution < 1.29 is 9.59 Å². The van der Waals surface area contributed by atoms with Crippen molar-refractivity contribution in [2.24, 2.45) is 5.92 Å². The molecule has 10 heteroatoms. The van der Waals surface area contributed by atoms with Gasteiger partial charge >= 0.3 is 0 Å². The minimum absolute atomic E-state index is 0.108. The molecular weight excluding hydrogens is 432 g/mol. The summed E-state index contributed by atoms with van der Waals surface area (Å²) in [7, 11) is 0. The van der Waals surface area contributed by atoms with Crippen LogP contribution in [0.4, 0.5) is 5.13 Å². The second-order valence-electron chi connectivity index (χ2n) is 7.28. The number of benzene rings is 1. The van der Waals surface area contributed by atoms with Crippen molar-refractivity contribution in [3.05, 3.63) is 52.8 Å². The molecule has 0 saturated carbocycles. The van der Waals surface area contributed by atoms with Gasteiger partial charge in [-0.05, 0) is 31.9 Å². The number of carbonyl (C=O) groups excluding carboxylic acids is 2. The second-order valence-corrected chi connectivity index (χ2v) is 9.08. The molecule has 0 radical (unpaired) electrons. The first-order chi connectivity index (χ1) is 14.9. The average Bonchev–Trinajstić information content (AvgIpc) is 3.35. The fourth-order valence-electron chi connectivity index (χ4n) is 2.97. The molecule has 2 heterocycles. The van der Waals surface area contributed by atoms with Crippen LogP contribution in [0.5, 0.6) is 0 Å². The third kappa shape index (κ3) is 5.92. The summed E-state index contributed by atoms with van der Waals surface area (Å²) in [5, 5.41) is 17.6. The number of amides is 2. The van der Waals surface area contributed by atoms with Crippen LogP contribution in [0.15, 0.2) is 40.9 Å². The average molecular weight is 459 g/mol. The highest BCUT2D eigenvalue weighted by Crippen LogP contribution is 2.26. The van der Waals surface area contributed by atoms with E-state index >= 15 is 0 Å². The number of nitrogens with zero attached hydrogens (tertiary/aromatic N) is 4. The Hall–Kier alpha value is -2.72. The zero-order chi connectivity index (χ0) is 22.4. The van der Waals surface area contributed by atoms with E-state index in [9.17, 15) is 9.59 Å². The molecule has 0 spiro atoms. The van der Waals surface area contributed by atoms with Crippen LogP contribution in [0.2, 0.25) is 0 Å². The molecule has 0 aliphatic heterocycles. The molecule has 0 bridgehead atoms. The molecule has 0 saturated heterocycles. The predicted molar refractivity (Wildman–Crippen MR) is 123 cm³/mol. The largest absolute Gasteiger partial charge is 0.342 e. The van der Waals surface area contributed by atoms with Crippen molar-refractivity contribution in [3.63, 3.8) is 0 Å². The number of nitrogens with one attached hydrogen (secondary N) is 2. The molecule has 0 fully saturated rings. The van der Waals surface area contributed by atoms with Gasteiger partial charge in [0.2, 0.25) is 5.91 Å². The standard InChI is InChI=1S/C21H26N6O2S2/c1-5-27-18(17(13(2)3)24-19(29)15-9-7-6-8-10-15)25-26-21(27)31-12-16(28)23-20-22-14(4)11-30-20/h6-11,13,17H,5,12H2,1-4H3,(H,24,29)(H,22,23,28)/t17-/m0/s1. The van der Waals surface area contributed by atoms with Gasteiger partial charge in [-0.15, -0.1) is 21.5 Å². The van der Waals surface area contributed by atoms with Crippen molar-refractivity contribution in [1.82, 2.24) is 25.1 Å². The number of aromatic nitrogens is 4. The Morgan fingerprint density at radius 3 is 2.55 bits per heavy atom. The van der Waals surface area contributed by atoms with E-state index in [0.717, 1.165) is 5.69 Å². The lowest BCUT2D eigenvalue weighted by Gasteiger charge is -2.22. The fraction of sp³-hybridized carbons (Fsp3) is 0.381. The Morgan fingerprint density at radius 1 is 1.19 bits per heavy atom. The van der Waals surface area contributed by atoms with Crippen molar-refractivity contribution >= 4 is 40.0 Å². The minimum atomic E-state index is -0.304. The minimum Gasteiger partial charge on any atom is -0.342 e. The van der Waals surface area contributed by atoms with Gasteiger partial charge in [-0.25, -0.2) is 4.98 Å². The summed E-state index contributed by atoms with van der Waals surface area (Å²) in [4.78, 5) is 29.2. The third-order valence-corrected chi connectivity index (χ3v) is 6.37. The molecule has 3 aromatic rings. The summed E-state index contributed by atoms with van der Waals surface area (Å²) in [5.41, 5.74) is 1.47. The topological polar surface area (TPSA) is 102 Å². The van der Waals surface area contributed by atoms with E-state index in [1.807, 2.05) is 55.8 Å². The van der Waals surface area contributed by atoms with E-state index < -0.39 is 0 Å². The number of anilines is 1. The van der Waals surface area contributed by atoms with Crippen molar-refractivity contribution in [2.75, 3.05) is 11.1 Å². The summed E-state index contributed by atoms with van der Waals surface area (Å²) < 4.78 is 1.95. The Bertz CT molecular complexity index is 1030. The van der Waals surface area contributed by atoms with Gasteiger partial charge < -0.3 is 15.2 Å². The number of rotatable bonds is 9. The highest BCUT2D eigenvalue weighted by Gasteiger charge is 2.26. The van der Waals surface area contributed by atoms with Gasteiger partial charge in [-0.2, -0.15) is 0 Å². The van der Waals surface area contributed by atoms with E-state index in [0.29, 0.717) is 28.2 Å². The molecule has 31 heavy (non-hydrogen) atoms. The van der Waals surface area contributed by atoms with E-state index in [1.165, 1.54) is 23.1 Å². The molecule has 2 N–H and O–H groups in total. The number of hydrogen-bond donors (Lipinski definition) is 2. The lowest BCUT2D eigenvalue weighted by molar-refractivity contribution is -0.113. The molecule has 8 nitrogen and oxygen atoms in total. The van der Waals surface area contributed by atoms with E-state index in [1.54, 1.807) is 12.1 Å². The normalized spacial score (nSPS) is 12.0. The fourth-order valence-corrected chi connectivity index (χ4v) is 4.49. The first kappa shape index (κ1) is 23.0. The Kier molecular flexibility index (Phi) is 7.80. The molecular formula is C21H26N6O2S2. The summed E-state index contributed by atoms with van der Waals surface area (Å²) in [6.07, 6.45) is 0. The van der Waals surface area contributed by atoms with Crippen LogP contribution < -0.4 is 10.6 Å². The van der Waals surface area contributed by atoms with Gasteiger partial charge in [-0.3, -0.25) is 9.59 Å². The lowest BCUT2D eigenvalue weighted by Crippen LogP contribution is -2.33. The summed E-state index contributed by atoms with van der Waals surface area (Å²) >= 11 is 2.71. The molecule has 3 rings (SSSR count). The molecule has 0 aliphatic carbocycles. The van der Waals surface area contributed by atoms with Crippen LogP contribution in [0.3, 0.4) is 0 Å². The molecule has 2 aromatic heterocycles. The second kappa shape index (κ2) is 10.5. The van der Waals surface area contributed by atoms with Gasteiger partial charge in [-0.1, -0.05) is 43.8 Å². The van der Waals surface area contributed by atoms with Crippen molar-refractivity contribution in [2.45, 2.75) is 45.4 Å². The third-order valence-electron chi connectivity index (χ3n) is 4.53. The quantitative estimate of drug-likeness (QED) is 0.471. The van der Waals surface area contributed by atoms with Gasteiger partial charge in [0.05, 0.1) is 17.5 Å². The van der Waals surface area contributed by atoms with Crippen LogP contribution in [0.1, 0.15) is 48.7 Å². The maximum atomic E-state index is 12.7. The number of carbonyl (C=O) groups is 2. The number of hydrogen-bond acceptors (Lipinski definition) is 7. The van der Waals surface area contributed by atoms with E-state index in [2.05, 4.69) is 25.8 Å². The van der Waals surface area contributed by atoms with Crippen molar-refractivity contribution in [3.8, 4) is 0 Å². The monoisotopic (exact) mass is 458 g/mol. The highest BCUT2D eigenvalue weighted by atomic mass is 32.2. The lowest BCUT2D eigenvalue weighted by atomic mass is 10.0. The first-order valence-electron chi connectivity index (χ1n) is 10.0. The van der Waals surface area contributed by atoms with Crippen LogP contribution >= 0.6 is 23.1 Å². The molecule has 164 valence electrons. The SMILES string of the molecule is CCn1c(SCC(=O)Nc2nc(C)cs2)nnc1[C@@H](NC(=O)c1ccccc1)C(C)C. The van der Waals surface area contributed by atoms with Gasteiger partial charge in [0.25, 0.3) is 5.91 Å². The van der Waals surface area contributed by atoms with Crippen LogP contribution in [0.25, 0.3) is 0 Å². The molecule has 0 unspecified atom stereocenters. The predicted octanol–water partition coefficient (Wildman–Crippen LogP) is 3.92. The zero-order valence-electron chi connectivity index (χ0n) is 18.0. The maximum absolute atomic E-state index is 12.7. The smallest absolute Gasteiger partial charge is 0.251 e. The zero-order valence-corrected chi connectivity index (χ0v) is 19.6. The summed E-state index contributed by atoms with van der Waals surface area (Å²) in [6.45, 7) is 8.56. The van der Waals surface area contributed by atoms with Gasteiger partial charge in [0, 0.05) is 17.5 Å². The molecule has 0 aliphatic rings. The molecule has 1 aromatic carbocycles. The maximum Gasteiger partial charge on any atom is 0.251 e. The van der Waals surface area contributed by atoms with Crippen LogP contribution in [0, 0.1) is 12.8 Å². The molecule has 1 atom stereocenters. The number of thiazole rings is 1. The van der Waals surface area contributed by atoms with Crippen molar-refractivity contribution in [1.29, 1.82) is 0 Å². The number of thioether (sulfide) groups is 1. The van der Waals surface area contributed by atoms with E-state index in [-0.39, 0.29) is 29.5 Å². The van der Waals surface area contributed by atoms with Crippen LogP contribution in [-0.2, 0) is 11.3 Å². The summed E-state index contributed by atoms with van der Waals surface area (Å²) in [5.74, 6) is 0.678. The molecule has 2 amide bonds. The Balaban J connectivity index is 1.70. The number of aryl methyl sites for hydroxylation is 1. The van der Waals surface area contributed by atoms with Crippen LogP contribution in [-0.4, -0.2) is 37.3 Å². The highest BCUT2D eigenvalue weighted by molar-refractivity contribution is 7.99. The Labute approximate surface area is 189 Å².